The zero-order valence-electron chi connectivity index (χ0n) is 22.7. The van der Waals surface area contributed by atoms with Crippen LogP contribution in [0.2, 0.25) is 0 Å². The molecule has 1 aliphatic carbocycles. The maximum Gasteiger partial charge on any atom is 0.419 e. The minimum Gasteiger partial charge on any atom is -0.462 e. The van der Waals surface area contributed by atoms with E-state index in [1.807, 2.05) is 52.0 Å². The van der Waals surface area contributed by atoms with E-state index in [-0.39, 0.29) is 30.3 Å². The van der Waals surface area contributed by atoms with Gasteiger partial charge in [-0.05, 0) is 77.5 Å². The first-order valence-corrected chi connectivity index (χ1v) is 13.3. The normalized spacial score (nSPS) is 14.6. The van der Waals surface area contributed by atoms with E-state index in [0.29, 0.717) is 21.8 Å². The lowest BCUT2D eigenvalue weighted by Crippen LogP contribution is -2.27. The molecule has 0 radical (unpaired) electrons. The Balaban J connectivity index is 2.22. The van der Waals surface area contributed by atoms with E-state index in [4.69, 9.17) is 14.2 Å². The summed E-state index contributed by atoms with van der Waals surface area (Å²) in [5.74, 6) is -1.07. The Morgan fingerprint density at radius 2 is 1.51 bits per heavy atom. The summed E-state index contributed by atoms with van der Waals surface area (Å²) in [6, 6.07) is 7.38. The van der Waals surface area contributed by atoms with Gasteiger partial charge in [-0.25, -0.2) is 19.0 Å². The molecule has 0 N–H and O–H groups in total. The maximum absolute atomic E-state index is 13.7. The number of carbonyl (C=O) groups is 3. The number of para-hydroxylation sites is 1. The average molecular weight is 508 g/mol. The zero-order chi connectivity index (χ0) is 26.9. The molecule has 0 atom stereocenters. The van der Waals surface area contributed by atoms with Crippen molar-refractivity contribution in [2.45, 2.75) is 85.2 Å². The first kappa shape index (κ1) is 26.7. The molecular weight excluding hydrogens is 470 g/mol. The molecule has 0 unspecified atom stereocenters. The molecule has 1 saturated carbocycles. The summed E-state index contributed by atoms with van der Waals surface area (Å²) in [6.07, 6.45) is 4.47. The van der Waals surface area contributed by atoms with Crippen LogP contribution in [0, 0.1) is 6.92 Å². The summed E-state index contributed by atoms with van der Waals surface area (Å²) < 4.78 is 18.4. The number of ether oxygens (including phenoxy) is 3. The van der Waals surface area contributed by atoms with Crippen LogP contribution in [0.15, 0.2) is 24.3 Å². The number of aryl methyl sites for hydroxylation is 1. The molecule has 4 rings (SSSR count). The molecule has 7 heteroatoms. The van der Waals surface area contributed by atoms with Crippen molar-refractivity contribution in [3.8, 4) is 0 Å². The van der Waals surface area contributed by atoms with Gasteiger partial charge in [-0.15, -0.1) is 0 Å². The highest BCUT2D eigenvalue weighted by Crippen LogP contribution is 2.44. The highest BCUT2D eigenvalue weighted by molar-refractivity contribution is 6.24. The van der Waals surface area contributed by atoms with E-state index < -0.39 is 23.6 Å². The minimum absolute atomic E-state index is 0.0656. The van der Waals surface area contributed by atoms with Gasteiger partial charge in [-0.1, -0.05) is 37.5 Å². The predicted molar refractivity (Wildman–Crippen MR) is 144 cm³/mol. The second-order valence-electron chi connectivity index (χ2n) is 10.6. The third kappa shape index (κ3) is 4.96. The van der Waals surface area contributed by atoms with Gasteiger partial charge in [0.2, 0.25) is 0 Å². The van der Waals surface area contributed by atoms with Gasteiger partial charge in [-0.3, -0.25) is 0 Å². The van der Waals surface area contributed by atoms with E-state index in [2.05, 4.69) is 0 Å². The lowest BCUT2D eigenvalue weighted by molar-refractivity contribution is 0.0479. The van der Waals surface area contributed by atoms with Gasteiger partial charge in [0.15, 0.2) is 0 Å². The van der Waals surface area contributed by atoms with Crippen molar-refractivity contribution < 1.29 is 28.6 Å². The van der Waals surface area contributed by atoms with Crippen molar-refractivity contribution in [1.29, 1.82) is 0 Å². The number of rotatable bonds is 5. The van der Waals surface area contributed by atoms with Crippen molar-refractivity contribution >= 4 is 39.8 Å². The van der Waals surface area contributed by atoms with Crippen LogP contribution in [0.3, 0.4) is 0 Å². The molecule has 1 heterocycles. The first-order chi connectivity index (χ1) is 17.6. The largest absolute Gasteiger partial charge is 0.462 e. The van der Waals surface area contributed by atoms with Gasteiger partial charge in [0, 0.05) is 10.8 Å². The van der Waals surface area contributed by atoms with Crippen LogP contribution in [-0.4, -0.2) is 41.4 Å². The summed E-state index contributed by atoms with van der Waals surface area (Å²) in [5, 5.41) is 1.19. The van der Waals surface area contributed by atoms with Crippen LogP contribution in [0.1, 0.15) is 104 Å². The van der Waals surface area contributed by atoms with E-state index in [1.165, 1.54) is 0 Å². The fraction of sp³-hybridized carbons (Fsp3) is 0.500. The summed E-state index contributed by atoms with van der Waals surface area (Å²) in [5.41, 5.74) is 2.47. The number of aromatic nitrogens is 1. The predicted octanol–water partition coefficient (Wildman–Crippen LogP) is 7.29. The Bertz CT molecular complexity index is 1350. The quantitative estimate of drug-likeness (QED) is 0.266. The zero-order valence-corrected chi connectivity index (χ0v) is 22.7. The van der Waals surface area contributed by atoms with Crippen molar-refractivity contribution in [3.05, 3.63) is 46.5 Å². The molecule has 37 heavy (non-hydrogen) atoms. The van der Waals surface area contributed by atoms with Crippen molar-refractivity contribution in [2.75, 3.05) is 13.2 Å². The highest BCUT2D eigenvalue weighted by atomic mass is 16.6. The van der Waals surface area contributed by atoms with E-state index in [0.717, 1.165) is 43.2 Å². The molecule has 0 spiro atoms. The molecule has 1 aromatic heterocycles. The summed E-state index contributed by atoms with van der Waals surface area (Å²) >= 11 is 0. The number of hydrogen-bond acceptors (Lipinski definition) is 6. The Morgan fingerprint density at radius 3 is 2.11 bits per heavy atom. The van der Waals surface area contributed by atoms with Gasteiger partial charge < -0.3 is 14.2 Å². The Labute approximate surface area is 218 Å². The molecule has 7 nitrogen and oxygen atoms in total. The lowest BCUT2D eigenvalue weighted by Gasteiger charge is -2.28. The number of esters is 2. The highest BCUT2D eigenvalue weighted by Gasteiger charge is 2.36. The van der Waals surface area contributed by atoms with Gasteiger partial charge >= 0.3 is 18.0 Å². The molecule has 198 valence electrons. The van der Waals surface area contributed by atoms with Crippen LogP contribution < -0.4 is 0 Å². The molecule has 1 fully saturated rings. The monoisotopic (exact) mass is 507 g/mol. The number of nitrogens with zero attached hydrogens (tertiary/aromatic N) is 1. The molecule has 3 aromatic rings. The van der Waals surface area contributed by atoms with E-state index in [9.17, 15) is 14.4 Å². The van der Waals surface area contributed by atoms with Crippen molar-refractivity contribution in [2.24, 2.45) is 0 Å². The van der Waals surface area contributed by atoms with Crippen LogP contribution >= 0.6 is 0 Å². The Kier molecular flexibility index (Phi) is 7.62. The standard InChI is InChI=1S/C30H37NO6/c1-7-35-27(32)24-22(19-14-10-9-11-15-19)18(3)26-23(25(24)28(33)36-8-2)20-16-12-13-17-21(20)31(26)29(34)37-30(4,5)6/h12-13,16-17,19H,7-11,14-15H2,1-6H3. The van der Waals surface area contributed by atoms with E-state index in [1.54, 1.807) is 18.4 Å². The molecule has 0 aliphatic heterocycles. The number of hydrogen-bond donors (Lipinski definition) is 0. The van der Waals surface area contributed by atoms with Crippen LogP contribution in [0.4, 0.5) is 4.79 Å². The Morgan fingerprint density at radius 1 is 0.919 bits per heavy atom. The maximum atomic E-state index is 13.7. The second-order valence-corrected chi connectivity index (χ2v) is 10.6. The summed E-state index contributed by atoms with van der Waals surface area (Å²) in [4.78, 5) is 40.9. The average Bonchev–Trinajstić information content (AvgIpc) is 3.19. The van der Waals surface area contributed by atoms with Gasteiger partial charge in [-0.2, -0.15) is 0 Å². The molecule has 2 aromatic carbocycles. The topological polar surface area (TPSA) is 83.8 Å². The molecule has 0 saturated heterocycles. The molecule has 0 amide bonds. The molecule has 0 bridgehead atoms. The van der Waals surface area contributed by atoms with Crippen molar-refractivity contribution in [1.82, 2.24) is 4.57 Å². The first-order valence-electron chi connectivity index (χ1n) is 13.3. The van der Waals surface area contributed by atoms with Crippen LogP contribution in [0.25, 0.3) is 21.8 Å². The van der Waals surface area contributed by atoms with Gasteiger partial charge in [0.05, 0.1) is 35.4 Å². The summed E-state index contributed by atoms with van der Waals surface area (Å²) in [6.45, 7) is 11.2. The Hall–Kier alpha value is -3.35. The van der Waals surface area contributed by atoms with Crippen LogP contribution in [-0.2, 0) is 14.2 Å². The second kappa shape index (κ2) is 10.6. The lowest BCUT2D eigenvalue weighted by atomic mass is 9.77. The summed E-state index contributed by atoms with van der Waals surface area (Å²) in [7, 11) is 0. The third-order valence-electron chi connectivity index (χ3n) is 6.95. The minimum atomic E-state index is -0.719. The SMILES string of the molecule is CCOC(=O)c1c(C2CCCCC2)c(C)c2c(c1C(=O)OCC)c1ccccc1n2C(=O)OC(C)(C)C. The fourth-order valence-corrected chi connectivity index (χ4v) is 5.64. The van der Waals surface area contributed by atoms with Crippen molar-refractivity contribution in [3.63, 3.8) is 0 Å². The fourth-order valence-electron chi connectivity index (χ4n) is 5.64. The smallest absolute Gasteiger partial charge is 0.419 e. The van der Waals surface area contributed by atoms with Crippen LogP contribution in [0.5, 0.6) is 0 Å². The molecule has 1 aliphatic rings. The molecular formula is C30H37NO6. The number of benzene rings is 2. The number of fused-ring (bicyclic) bond motifs is 3. The van der Waals surface area contributed by atoms with Gasteiger partial charge in [0.25, 0.3) is 0 Å². The third-order valence-corrected chi connectivity index (χ3v) is 6.95. The van der Waals surface area contributed by atoms with Gasteiger partial charge in [0.1, 0.15) is 5.60 Å². The van der Waals surface area contributed by atoms with E-state index >= 15 is 0 Å². The number of carbonyl (C=O) groups excluding carboxylic acids is 3.